The van der Waals surface area contributed by atoms with Crippen molar-refractivity contribution in [2.75, 3.05) is 13.2 Å². The number of hydrogen-bond acceptors (Lipinski definition) is 2. The summed E-state index contributed by atoms with van der Waals surface area (Å²) in [7, 11) is 0. The van der Waals surface area contributed by atoms with Crippen molar-refractivity contribution >= 4 is 5.91 Å². The van der Waals surface area contributed by atoms with Crippen LogP contribution < -0.4 is 5.32 Å². The molecule has 1 amide bonds. The van der Waals surface area contributed by atoms with Gasteiger partial charge in [0, 0.05) is 18.7 Å². The van der Waals surface area contributed by atoms with Crippen molar-refractivity contribution in [3.05, 3.63) is 35.4 Å². The van der Waals surface area contributed by atoms with Crippen LogP contribution in [0.5, 0.6) is 0 Å². The van der Waals surface area contributed by atoms with Gasteiger partial charge in [0.2, 0.25) is 0 Å². The minimum atomic E-state index is 0.00277. The summed E-state index contributed by atoms with van der Waals surface area (Å²) in [6, 6.07) is 7.62. The van der Waals surface area contributed by atoms with Crippen LogP contribution in [-0.2, 0) is 4.74 Å². The van der Waals surface area contributed by atoms with Crippen molar-refractivity contribution in [2.24, 2.45) is 0 Å². The quantitative estimate of drug-likeness (QED) is 0.866. The van der Waals surface area contributed by atoms with E-state index in [0.29, 0.717) is 12.6 Å². The molecular formula is C14H19NO2. The molecule has 2 rings (SSSR count). The molecule has 0 aromatic heterocycles. The first-order chi connectivity index (χ1) is 8.25. The second-order valence-electron chi connectivity index (χ2n) is 4.55. The van der Waals surface area contributed by atoms with Crippen LogP contribution in [0.1, 0.15) is 35.2 Å². The Morgan fingerprint density at radius 3 is 2.82 bits per heavy atom. The standard InChI is InChI=1S/C14H19NO2/c1-11-4-6-12(7-5-11)14(16)15-9-8-13-3-2-10-17-13/h4-7,13H,2-3,8-10H2,1H3,(H,15,16). The zero-order chi connectivity index (χ0) is 12.1. The van der Waals surface area contributed by atoms with Gasteiger partial charge in [0.25, 0.3) is 5.91 Å². The molecule has 17 heavy (non-hydrogen) atoms. The van der Waals surface area contributed by atoms with Gasteiger partial charge in [0.1, 0.15) is 0 Å². The van der Waals surface area contributed by atoms with E-state index in [1.54, 1.807) is 0 Å². The lowest BCUT2D eigenvalue weighted by molar-refractivity contribution is 0.0907. The van der Waals surface area contributed by atoms with E-state index >= 15 is 0 Å². The number of ether oxygens (including phenoxy) is 1. The summed E-state index contributed by atoms with van der Waals surface area (Å²) in [5.74, 6) is 0.00277. The van der Waals surface area contributed by atoms with Crippen molar-refractivity contribution in [3.63, 3.8) is 0 Å². The molecule has 0 saturated carbocycles. The lowest BCUT2D eigenvalue weighted by Gasteiger charge is -2.10. The first kappa shape index (κ1) is 12.1. The van der Waals surface area contributed by atoms with Gasteiger partial charge in [-0.05, 0) is 38.3 Å². The predicted molar refractivity (Wildman–Crippen MR) is 67.1 cm³/mol. The maximum Gasteiger partial charge on any atom is 0.251 e. The zero-order valence-electron chi connectivity index (χ0n) is 10.2. The molecule has 1 aromatic carbocycles. The molecule has 3 heteroatoms. The molecule has 1 heterocycles. The second-order valence-corrected chi connectivity index (χ2v) is 4.55. The average Bonchev–Trinajstić information content (AvgIpc) is 2.83. The van der Waals surface area contributed by atoms with Crippen LogP contribution in [0.3, 0.4) is 0 Å². The number of carbonyl (C=O) groups excluding carboxylic acids is 1. The Hall–Kier alpha value is -1.35. The highest BCUT2D eigenvalue weighted by Crippen LogP contribution is 2.14. The van der Waals surface area contributed by atoms with E-state index in [1.807, 2.05) is 31.2 Å². The summed E-state index contributed by atoms with van der Waals surface area (Å²) >= 11 is 0. The number of rotatable bonds is 4. The van der Waals surface area contributed by atoms with Gasteiger partial charge in [0.05, 0.1) is 6.10 Å². The van der Waals surface area contributed by atoms with Crippen molar-refractivity contribution in [1.82, 2.24) is 5.32 Å². The monoisotopic (exact) mass is 233 g/mol. The van der Waals surface area contributed by atoms with Crippen LogP contribution in [0.15, 0.2) is 24.3 Å². The number of hydrogen-bond donors (Lipinski definition) is 1. The van der Waals surface area contributed by atoms with Gasteiger partial charge in [-0.3, -0.25) is 4.79 Å². The Labute approximate surface area is 102 Å². The maximum absolute atomic E-state index is 11.8. The molecule has 1 fully saturated rings. The highest BCUT2D eigenvalue weighted by Gasteiger charge is 2.15. The van der Waals surface area contributed by atoms with Crippen LogP contribution >= 0.6 is 0 Å². The van der Waals surface area contributed by atoms with Gasteiger partial charge in [-0.2, -0.15) is 0 Å². The number of amides is 1. The highest BCUT2D eigenvalue weighted by atomic mass is 16.5. The fourth-order valence-electron chi connectivity index (χ4n) is 2.03. The molecule has 0 bridgehead atoms. The molecule has 1 aliphatic rings. The smallest absolute Gasteiger partial charge is 0.251 e. The Balaban J connectivity index is 1.75. The molecule has 0 radical (unpaired) electrons. The summed E-state index contributed by atoms with van der Waals surface area (Å²) in [4.78, 5) is 11.8. The molecule has 3 nitrogen and oxygen atoms in total. The molecule has 1 unspecified atom stereocenters. The lowest BCUT2D eigenvalue weighted by Crippen LogP contribution is -2.26. The van der Waals surface area contributed by atoms with Gasteiger partial charge in [0.15, 0.2) is 0 Å². The minimum Gasteiger partial charge on any atom is -0.378 e. The molecule has 1 N–H and O–H groups in total. The molecule has 1 aliphatic heterocycles. The number of benzene rings is 1. The zero-order valence-corrected chi connectivity index (χ0v) is 10.2. The van der Waals surface area contributed by atoms with Gasteiger partial charge in [-0.15, -0.1) is 0 Å². The van der Waals surface area contributed by atoms with Crippen molar-refractivity contribution < 1.29 is 9.53 Å². The van der Waals surface area contributed by atoms with E-state index in [1.165, 1.54) is 5.56 Å². The number of aryl methyl sites for hydroxylation is 1. The molecule has 0 spiro atoms. The fraction of sp³-hybridized carbons (Fsp3) is 0.500. The van der Waals surface area contributed by atoms with Gasteiger partial charge in [-0.1, -0.05) is 17.7 Å². The molecule has 0 aliphatic carbocycles. The van der Waals surface area contributed by atoms with E-state index in [4.69, 9.17) is 4.74 Å². The fourth-order valence-corrected chi connectivity index (χ4v) is 2.03. The van der Waals surface area contributed by atoms with E-state index in [2.05, 4.69) is 5.32 Å². The van der Waals surface area contributed by atoms with Crippen LogP contribution in [0, 0.1) is 6.92 Å². The molecule has 1 saturated heterocycles. The minimum absolute atomic E-state index is 0.00277. The van der Waals surface area contributed by atoms with E-state index < -0.39 is 0 Å². The van der Waals surface area contributed by atoms with Crippen LogP contribution in [0.4, 0.5) is 0 Å². The Morgan fingerprint density at radius 1 is 1.41 bits per heavy atom. The van der Waals surface area contributed by atoms with E-state index in [-0.39, 0.29) is 5.91 Å². The maximum atomic E-state index is 11.8. The van der Waals surface area contributed by atoms with Gasteiger partial charge >= 0.3 is 0 Å². The van der Waals surface area contributed by atoms with Crippen molar-refractivity contribution in [1.29, 1.82) is 0 Å². The van der Waals surface area contributed by atoms with Gasteiger partial charge < -0.3 is 10.1 Å². The molecule has 1 aromatic rings. The third-order valence-electron chi connectivity index (χ3n) is 3.09. The third kappa shape index (κ3) is 3.56. The van der Waals surface area contributed by atoms with Gasteiger partial charge in [-0.25, -0.2) is 0 Å². The predicted octanol–water partition coefficient (Wildman–Crippen LogP) is 2.29. The Kier molecular flexibility index (Phi) is 4.15. The lowest BCUT2D eigenvalue weighted by atomic mass is 10.1. The SMILES string of the molecule is Cc1ccc(C(=O)NCCC2CCCO2)cc1. The Bertz CT molecular complexity index is 366. The topological polar surface area (TPSA) is 38.3 Å². The first-order valence-electron chi connectivity index (χ1n) is 6.22. The van der Waals surface area contributed by atoms with Crippen LogP contribution in [0.2, 0.25) is 0 Å². The molecule has 92 valence electrons. The summed E-state index contributed by atoms with van der Waals surface area (Å²) in [6.45, 7) is 3.58. The summed E-state index contributed by atoms with van der Waals surface area (Å²) < 4.78 is 5.50. The molecular weight excluding hydrogens is 214 g/mol. The van der Waals surface area contributed by atoms with E-state index in [9.17, 15) is 4.79 Å². The summed E-state index contributed by atoms with van der Waals surface area (Å²) in [5.41, 5.74) is 1.89. The third-order valence-corrected chi connectivity index (χ3v) is 3.09. The normalized spacial score (nSPS) is 19.2. The summed E-state index contributed by atoms with van der Waals surface area (Å²) in [5, 5.41) is 2.93. The first-order valence-corrected chi connectivity index (χ1v) is 6.22. The van der Waals surface area contributed by atoms with Crippen LogP contribution in [0.25, 0.3) is 0 Å². The van der Waals surface area contributed by atoms with E-state index in [0.717, 1.165) is 31.4 Å². The van der Waals surface area contributed by atoms with Crippen LogP contribution in [-0.4, -0.2) is 25.2 Å². The highest BCUT2D eigenvalue weighted by molar-refractivity contribution is 5.94. The van der Waals surface area contributed by atoms with Crippen molar-refractivity contribution in [2.45, 2.75) is 32.3 Å². The Morgan fingerprint density at radius 2 is 2.18 bits per heavy atom. The number of carbonyl (C=O) groups is 1. The molecule has 1 atom stereocenters. The average molecular weight is 233 g/mol. The number of nitrogens with one attached hydrogen (secondary N) is 1. The largest absolute Gasteiger partial charge is 0.378 e. The second kappa shape index (κ2) is 5.82. The summed E-state index contributed by atoms with van der Waals surface area (Å²) in [6.07, 6.45) is 3.53. The van der Waals surface area contributed by atoms with Crippen molar-refractivity contribution in [3.8, 4) is 0 Å².